The van der Waals surface area contributed by atoms with Crippen LogP contribution in [0.25, 0.3) is 0 Å². The number of aliphatic hydroxyl groups is 1. The van der Waals surface area contributed by atoms with Crippen molar-refractivity contribution in [1.29, 1.82) is 0 Å². The molecule has 1 saturated carbocycles. The summed E-state index contributed by atoms with van der Waals surface area (Å²) in [6.07, 6.45) is 6.97. The molecule has 2 rings (SSSR count). The van der Waals surface area contributed by atoms with Crippen molar-refractivity contribution >= 4 is 5.91 Å². The van der Waals surface area contributed by atoms with Gasteiger partial charge < -0.3 is 15.7 Å². The third kappa shape index (κ3) is 5.06. The molecule has 1 amide bonds. The molecule has 2 aliphatic rings. The molecule has 2 fully saturated rings. The van der Waals surface area contributed by atoms with E-state index in [2.05, 4.69) is 17.6 Å². The van der Waals surface area contributed by atoms with Gasteiger partial charge in [0.1, 0.15) is 0 Å². The molecule has 116 valence electrons. The Morgan fingerprint density at radius 1 is 1.35 bits per heavy atom. The van der Waals surface area contributed by atoms with Crippen molar-refractivity contribution in [2.24, 2.45) is 17.8 Å². The third-order valence-electron chi connectivity index (χ3n) is 4.99. The van der Waals surface area contributed by atoms with Crippen LogP contribution in [-0.2, 0) is 4.79 Å². The van der Waals surface area contributed by atoms with E-state index in [0.717, 1.165) is 45.3 Å². The predicted octanol–water partition coefficient (Wildman–Crippen LogP) is 1.68. The molecular weight excluding hydrogens is 252 g/mol. The summed E-state index contributed by atoms with van der Waals surface area (Å²) in [6, 6.07) is 0. The van der Waals surface area contributed by atoms with Gasteiger partial charge in [-0.25, -0.2) is 0 Å². The van der Waals surface area contributed by atoms with Gasteiger partial charge in [0, 0.05) is 13.0 Å². The quantitative estimate of drug-likeness (QED) is 0.719. The number of carbonyl (C=O) groups is 1. The Labute approximate surface area is 122 Å². The highest BCUT2D eigenvalue weighted by atomic mass is 16.3. The van der Waals surface area contributed by atoms with Crippen LogP contribution in [0.4, 0.5) is 0 Å². The van der Waals surface area contributed by atoms with E-state index >= 15 is 0 Å². The van der Waals surface area contributed by atoms with Crippen molar-refractivity contribution in [3.8, 4) is 0 Å². The van der Waals surface area contributed by atoms with Gasteiger partial charge in [0.15, 0.2) is 0 Å². The number of rotatable bonds is 5. The SMILES string of the molecule is CC(CC(=O)NCC1CCCC(O)C1)C1CCCNC1. The number of hydrogen-bond donors (Lipinski definition) is 3. The van der Waals surface area contributed by atoms with Crippen LogP contribution in [0.2, 0.25) is 0 Å². The van der Waals surface area contributed by atoms with Gasteiger partial charge in [-0.15, -0.1) is 0 Å². The first kappa shape index (κ1) is 15.8. The molecule has 4 atom stereocenters. The molecule has 1 aliphatic heterocycles. The van der Waals surface area contributed by atoms with E-state index in [0.29, 0.717) is 24.2 Å². The van der Waals surface area contributed by atoms with Gasteiger partial charge in [0.2, 0.25) is 5.91 Å². The number of amides is 1. The highest BCUT2D eigenvalue weighted by Crippen LogP contribution is 2.24. The van der Waals surface area contributed by atoms with Gasteiger partial charge in [0.05, 0.1) is 6.10 Å². The maximum atomic E-state index is 12.0. The maximum absolute atomic E-state index is 12.0. The van der Waals surface area contributed by atoms with Crippen molar-refractivity contribution in [2.45, 2.75) is 58.0 Å². The average Bonchev–Trinajstić information content (AvgIpc) is 2.46. The van der Waals surface area contributed by atoms with Gasteiger partial charge in [0.25, 0.3) is 0 Å². The van der Waals surface area contributed by atoms with Crippen LogP contribution in [0.3, 0.4) is 0 Å². The largest absolute Gasteiger partial charge is 0.393 e. The van der Waals surface area contributed by atoms with Crippen LogP contribution in [-0.4, -0.2) is 36.8 Å². The second kappa shape index (κ2) is 7.99. The fourth-order valence-corrected chi connectivity index (χ4v) is 3.60. The highest BCUT2D eigenvalue weighted by molar-refractivity contribution is 5.76. The van der Waals surface area contributed by atoms with Crippen molar-refractivity contribution in [1.82, 2.24) is 10.6 Å². The van der Waals surface area contributed by atoms with Crippen LogP contribution >= 0.6 is 0 Å². The lowest BCUT2D eigenvalue weighted by Gasteiger charge is -2.29. The minimum Gasteiger partial charge on any atom is -0.393 e. The Morgan fingerprint density at radius 2 is 2.20 bits per heavy atom. The van der Waals surface area contributed by atoms with Crippen LogP contribution in [0.5, 0.6) is 0 Å². The van der Waals surface area contributed by atoms with Crippen LogP contribution in [0.1, 0.15) is 51.9 Å². The number of hydrogen-bond acceptors (Lipinski definition) is 3. The zero-order chi connectivity index (χ0) is 14.4. The van der Waals surface area contributed by atoms with Gasteiger partial charge in [-0.05, 0) is 62.9 Å². The Bertz CT molecular complexity index is 303. The lowest BCUT2D eigenvalue weighted by molar-refractivity contribution is -0.122. The molecule has 0 aromatic heterocycles. The summed E-state index contributed by atoms with van der Waals surface area (Å²) in [7, 11) is 0. The molecule has 1 heterocycles. The van der Waals surface area contributed by atoms with Crippen LogP contribution in [0.15, 0.2) is 0 Å². The van der Waals surface area contributed by atoms with E-state index < -0.39 is 0 Å². The molecule has 4 unspecified atom stereocenters. The van der Waals surface area contributed by atoms with Crippen molar-refractivity contribution in [2.75, 3.05) is 19.6 Å². The first-order valence-corrected chi connectivity index (χ1v) is 8.30. The first-order chi connectivity index (χ1) is 9.65. The van der Waals surface area contributed by atoms with E-state index in [1.54, 1.807) is 0 Å². The minimum atomic E-state index is -0.155. The maximum Gasteiger partial charge on any atom is 0.220 e. The zero-order valence-electron chi connectivity index (χ0n) is 12.7. The van der Waals surface area contributed by atoms with Gasteiger partial charge in [-0.3, -0.25) is 4.79 Å². The fourth-order valence-electron chi connectivity index (χ4n) is 3.60. The van der Waals surface area contributed by atoms with E-state index in [1.807, 2.05) is 0 Å². The zero-order valence-corrected chi connectivity index (χ0v) is 12.7. The molecular formula is C16H30N2O2. The summed E-state index contributed by atoms with van der Waals surface area (Å²) in [6.45, 7) is 5.12. The Hall–Kier alpha value is -0.610. The van der Waals surface area contributed by atoms with Gasteiger partial charge in [-0.2, -0.15) is 0 Å². The molecule has 0 spiro atoms. The smallest absolute Gasteiger partial charge is 0.220 e. The van der Waals surface area contributed by atoms with Gasteiger partial charge >= 0.3 is 0 Å². The van der Waals surface area contributed by atoms with E-state index in [4.69, 9.17) is 0 Å². The first-order valence-electron chi connectivity index (χ1n) is 8.30. The number of piperidine rings is 1. The summed E-state index contributed by atoms with van der Waals surface area (Å²) < 4.78 is 0. The van der Waals surface area contributed by atoms with Gasteiger partial charge in [-0.1, -0.05) is 13.3 Å². The fraction of sp³-hybridized carbons (Fsp3) is 0.938. The summed E-state index contributed by atoms with van der Waals surface area (Å²) in [5, 5.41) is 16.1. The van der Waals surface area contributed by atoms with Crippen molar-refractivity contribution in [3.63, 3.8) is 0 Å². The molecule has 1 saturated heterocycles. The summed E-state index contributed by atoms with van der Waals surface area (Å²) in [5.74, 6) is 1.75. The molecule has 3 N–H and O–H groups in total. The molecule has 0 radical (unpaired) electrons. The van der Waals surface area contributed by atoms with Crippen LogP contribution in [0, 0.1) is 17.8 Å². The number of aliphatic hydroxyl groups excluding tert-OH is 1. The number of nitrogens with one attached hydrogen (secondary N) is 2. The summed E-state index contributed by atoms with van der Waals surface area (Å²) >= 11 is 0. The Morgan fingerprint density at radius 3 is 2.90 bits per heavy atom. The Kier molecular flexibility index (Phi) is 6.30. The van der Waals surface area contributed by atoms with Crippen LogP contribution < -0.4 is 10.6 Å². The molecule has 0 aromatic carbocycles. The van der Waals surface area contributed by atoms with E-state index in [-0.39, 0.29) is 12.0 Å². The monoisotopic (exact) mass is 282 g/mol. The number of carbonyl (C=O) groups excluding carboxylic acids is 1. The lowest BCUT2D eigenvalue weighted by Crippen LogP contribution is -2.37. The molecule has 4 heteroatoms. The minimum absolute atomic E-state index is 0.155. The van der Waals surface area contributed by atoms with Crippen molar-refractivity contribution < 1.29 is 9.90 Å². The topological polar surface area (TPSA) is 61.4 Å². The molecule has 4 nitrogen and oxygen atoms in total. The highest BCUT2D eigenvalue weighted by Gasteiger charge is 2.23. The molecule has 20 heavy (non-hydrogen) atoms. The predicted molar refractivity (Wildman–Crippen MR) is 80.3 cm³/mol. The van der Waals surface area contributed by atoms with E-state index in [9.17, 15) is 9.90 Å². The Balaban J connectivity index is 1.64. The summed E-state index contributed by atoms with van der Waals surface area (Å²) in [4.78, 5) is 12.0. The molecule has 0 aromatic rings. The van der Waals surface area contributed by atoms with E-state index in [1.165, 1.54) is 12.8 Å². The average molecular weight is 282 g/mol. The standard InChI is InChI=1S/C16H30N2O2/c1-12(14-5-3-7-17-11-14)8-16(20)18-10-13-4-2-6-15(19)9-13/h12-15,17,19H,2-11H2,1H3,(H,18,20). The molecule has 1 aliphatic carbocycles. The molecule has 0 bridgehead atoms. The second-order valence-electron chi connectivity index (χ2n) is 6.78. The summed E-state index contributed by atoms with van der Waals surface area (Å²) in [5.41, 5.74) is 0. The van der Waals surface area contributed by atoms with Crippen molar-refractivity contribution in [3.05, 3.63) is 0 Å². The lowest BCUT2D eigenvalue weighted by atomic mass is 9.85. The normalized spacial score (nSPS) is 32.6. The third-order valence-corrected chi connectivity index (χ3v) is 4.99. The second-order valence-corrected chi connectivity index (χ2v) is 6.78.